The van der Waals surface area contributed by atoms with E-state index in [1.165, 1.54) is 0 Å². The molecular weight excluding hydrogens is 684 g/mol. The van der Waals surface area contributed by atoms with Gasteiger partial charge in [-0.2, -0.15) is 116 Å². The van der Waals surface area contributed by atoms with Crippen molar-refractivity contribution in [2.45, 2.75) is 71.8 Å². The summed E-state index contributed by atoms with van der Waals surface area (Å²) in [7, 11) is 0. The Kier molecular flexibility index (Phi) is 9.22. The molecule has 0 saturated heterocycles. The summed E-state index contributed by atoms with van der Waals surface area (Å²) in [6, 6.07) is -2.24. The maximum atomic E-state index is 13.4. The molecule has 42 heavy (non-hydrogen) atoms. The van der Waals surface area contributed by atoms with Crippen molar-refractivity contribution >= 4 is 0 Å². The average molecular weight is 684 g/mol. The van der Waals surface area contributed by atoms with Gasteiger partial charge in [-0.05, 0) is 0 Å². The molecule has 0 aromatic heterocycles. The van der Waals surface area contributed by atoms with Gasteiger partial charge >= 0.3 is 71.8 Å². The molecule has 0 aliphatic rings. The molecule has 0 aromatic rings. The molecular formula is C14F24N2O2. The van der Waals surface area contributed by atoms with Crippen molar-refractivity contribution in [3.8, 4) is 12.1 Å². The first-order chi connectivity index (χ1) is 17.8. The second-order valence-electron chi connectivity index (χ2n) is 7.09. The first-order valence-corrected chi connectivity index (χ1v) is 8.55. The Morgan fingerprint density at radius 2 is 0.429 bits per heavy atom. The smallest absolute Gasteiger partial charge is 0.245 e. The Labute approximate surface area is 210 Å². The lowest BCUT2D eigenvalue weighted by molar-refractivity contribution is -0.542. The van der Waals surface area contributed by atoms with Crippen LogP contribution < -0.4 is 0 Å². The van der Waals surface area contributed by atoms with Crippen molar-refractivity contribution in [2.75, 3.05) is 0 Å². The van der Waals surface area contributed by atoms with Crippen LogP contribution in [0, 0.1) is 22.7 Å². The average Bonchev–Trinajstić information content (AvgIpc) is 2.76. The number of alkyl halides is 24. The Balaban J connectivity index is 6.78. The zero-order valence-electron chi connectivity index (χ0n) is 17.8. The highest BCUT2D eigenvalue weighted by Gasteiger charge is 2.90. The minimum absolute atomic E-state index is 0.924. The minimum Gasteiger partial charge on any atom is -0.245 e. The molecule has 0 unspecified atom stereocenters. The van der Waals surface area contributed by atoms with Gasteiger partial charge in [-0.1, -0.05) is 0 Å². The summed E-state index contributed by atoms with van der Waals surface area (Å²) in [6.07, 6.45) is -34.0. The topological polar surface area (TPSA) is 66.0 Å². The zero-order chi connectivity index (χ0) is 34.8. The summed E-state index contributed by atoms with van der Waals surface area (Å²) < 4.78 is 317. The number of ether oxygens (including phenoxy) is 2. The van der Waals surface area contributed by atoms with E-state index in [1.54, 1.807) is 0 Å². The predicted octanol–water partition coefficient (Wildman–Crippen LogP) is 7.52. The number of rotatable bonds is 13. The first-order valence-electron chi connectivity index (χ1n) is 8.55. The van der Waals surface area contributed by atoms with E-state index in [0.717, 1.165) is 9.47 Å². The van der Waals surface area contributed by atoms with E-state index >= 15 is 0 Å². The van der Waals surface area contributed by atoms with Crippen LogP contribution in [0.4, 0.5) is 105 Å². The number of nitrogens with zero attached hydrogens (tertiary/aromatic N) is 2. The molecule has 0 rings (SSSR count). The van der Waals surface area contributed by atoms with Crippen LogP contribution in [0.2, 0.25) is 0 Å². The number of hydrogen-bond donors (Lipinski definition) is 0. The first kappa shape index (κ1) is 39.2. The normalized spacial score (nSPS) is 16.2. The third kappa shape index (κ3) is 5.27. The molecule has 0 heterocycles. The van der Waals surface area contributed by atoms with Gasteiger partial charge in [-0.15, -0.1) is 0 Å². The summed E-state index contributed by atoms with van der Waals surface area (Å²) >= 11 is 0. The van der Waals surface area contributed by atoms with Crippen molar-refractivity contribution < 1.29 is 115 Å². The maximum absolute atomic E-state index is 13.4. The fourth-order valence-corrected chi connectivity index (χ4v) is 1.84. The molecule has 4 nitrogen and oxygen atoms in total. The van der Waals surface area contributed by atoms with Crippen LogP contribution in [-0.2, 0) is 9.47 Å². The van der Waals surface area contributed by atoms with E-state index in [4.69, 9.17) is 10.5 Å². The Morgan fingerprint density at radius 1 is 0.286 bits per heavy atom. The van der Waals surface area contributed by atoms with E-state index in [0.29, 0.717) is 0 Å². The summed E-state index contributed by atoms with van der Waals surface area (Å²) in [4.78, 5) is 0. The van der Waals surface area contributed by atoms with E-state index in [-0.39, 0.29) is 0 Å². The molecule has 0 atom stereocenters. The Bertz CT molecular complexity index is 1010. The van der Waals surface area contributed by atoms with E-state index < -0.39 is 84.0 Å². The van der Waals surface area contributed by atoms with Crippen LogP contribution in [0.15, 0.2) is 0 Å². The third-order valence-electron chi connectivity index (χ3n) is 4.23. The van der Waals surface area contributed by atoms with Gasteiger partial charge < -0.3 is 0 Å². The predicted molar refractivity (Wildman–Crippen MR) is 72.8 cm³/mol. The molecule has 246 valence electrons. The molecule has 0 spiro atoms. The van der Waals surface area contributed by atoms with Crippen LogP contribution >= 0.6 is 0 Å². The van der Waals surface area contributed by atoms with E-state index in [1.807, 2.05) is 0 Å². The molecule has 0 aromatic carbocycles. The van der Waals surface area contributed by atoms with Gasteiger partial charge in [0, 0.05) is 0 Å². The SMILES string of the molecule is N#CC(F)(F)C(F)(F)C(F)(F)C(F)(F)OC(F)(F)C(F)(F)C(F)(F)C(F)(F)OC(F)(F)C(F)(F)C(F)(F)C(F)(F)C#N. The molecule has 0 aliphatic heterocycles. The summed E-state index contributed by atoms with van der Waals surface area (Å²) in [5.41, 5.74) is 0. The molecule has 0 saturated carbocycles. The summed E-state index contributed by atoms with van der Waals surface area (Å²) in [5.74, 6) is -64.7. The van der Waals surface area contributed by atoms with Crippen LogP contribution in [0.5, 0.6) is 0 Å². The van der Waals surface area contributed by atoms with Gasteiger partial charge in [-0.25, -0.2) is 9.47 Å². The van der Waals surface area contributed by atoms with Gasteiger partial charge in [0.1, 0.15) is 12.1 Å². The lowest BCUT2D eigenvalue weighted by Crippen LogP contribution is -2.70. The lowest BCUT2D eigenvalue weighted by atomic mass is 10.0. The minimum atomic E-state index is -8.93. The third-order valence-corrected chi connectivity index (χ3v) is 4.23. The quantitative estimate of drug-likeness (QED) is 0.189. The van der Waals surface area contributed by atoms with Crippen molar-refractivity contribution in [1.29, 1.82) is 10.5 Å². The highest BCUT2D eigenvalue weighted by molar-refractivity contribution is 5.12. The molecule has 0 fully saturated rings. The zero-order valence-corrected chi connectivity index (χ0v) is 17.8. The molecule has 28 heteroatoms. The van der Waals surface area contributed by atoms with Crippen molar-refractivity contribution in [1.82, 2.24) is 0 Å². The lowest BCUT2D eigenvalue weighted by Gasteiger charge is -2.40. The molecule has 0 bridgehead atoms. The van der Waals surface area contributed by atoms with Crippen LogP contribution in [0.1, 0.15) is 0 Å². The highest BCUT2D eigenvalue weighted by Crippen LogP contribution is 2.61. The summed E-state index contributed by atoms with van der Waals surface area (Å²) in [6.45, 7) is 0. The second-order valence-corrected chi connectivity index (χ2v) is 7.09. The van der Waals surface area contributed by atoms with Gasteiger partial charge in [0.25, 0.3) is 0 Å². The maximum Gasteiger partial charge on any atom is 0.430 e. The number of nitriles is 2. The van der Waals surface area contributed by atoms with Crippen LogP contribution in [0.25, 0.3) is 0 Å². The molecule has 0 radical (unpaired) electrons. The number of hydrogen-bond acceptors (Lipinski definition) is 4. The highest BCUT2D eigenvalue weighted by atomic mass is 19.4. The largest absolute Gasteiger partial charge is 0.430 e. The Hall–Kier alpha value is -2.78. The fourth-order valence-electron chi connectivity index (χ4n) is 1.84. The van der Waals surface area contributed by atoms with Crippen molar-refractivity contribution in [3.05, 3.63) is 0 Å². The second kappa shape index (κ2) is 9.88. The fraction of sp³-hybridized carbons (Fsp3) is 0.857. The van der Waals surface area contributed by atoms with Gasteiger partial charge in [0.15, 0.2) is 0 Å². The van der Waals surface area contributed by atoms with E-state index in [2.05, 4.69) is 0 Å². The Morgan fingerprint density at radius 3 is 0.571 bits per heavy atom. The molecule has 0 aliphatic carbocycles. The van der Waals surface area contributed by atoms with Crippen molar-refractivity contribution in [3.63, 3.8) is 0 Å². The molecule has 0 amide bonds. The van der Waals surface area contributed by atoms with Gasteiger partial charge in [0.05, 0.1) is 0 Å². The van der Waals surface area contributed by atoms with Crippen molar-refractivity contribution in [2.24, 2.45) is 0 Å². The monoisotopic (exact) mass is 684 g/mol. The van der Waals surface area contributed by atoms with Crippen LogP contribution in [-0.4, -0.2) is 71.8 Å². The standard InChI is InChI=1S/C14F24N2O2/c15-3(16,1-39)5(19,20)7(23,24)11(31,32)41-13(35,36)9(27,28)10(29,30)14(37,38)42-12(33,34)8(25,26)6(21,22)4(17,18)2-40. The van der Waals surface area contributed by atoms with Gasteiger partial charge in [-0.3, -0.25) is 0 Å². The summed E-state index contributed by atoms with van der Waals surface area (Å²) in [5, 5.41) is 15.2. The van der Waals surface area contributed by atoms with Gasteiger partial charge in [0.2, 0.25) is 0 Å². The van der Waals surface area contributed by atoms with Crippen LogP contribution in [0.3, 0.4) is 0 Å². The molecule has 0 N–H and O–H groups in total. The number of halogens is 24. The van der Waals surface area contributed by atoms with E-state index in [9.17, 15) is 105 Å².